The topological polar surface area (TPSA) is 90.8 Å². The Balaban J connectivity index is 0.00000648. The molecule has 36 heavy (non-hydrogen) atoms. The summed E-state index contributed by atoms with van der Waals surface area (Å²) in [5, 5.41) is 0. The zero-order chi connectivity index (χ0) is 25.2. The van der Waals surface area contributed by atoms with Crippen molar-refractivity contribution in [2.24, 2.45) is 0 Å². The molecule has 0 spiro atoms. The van der Waals surface area contributed by atoms with Gasteiger partial charge in [0.25, 0.3) is 0 Å². The summed E-state index contributed by atoms with van der Waals surface area (Å²) in [6.07, 6.45) is 20.1. The minimum absolute atomic E-state index is 0. The fourth-order valence-corrected chi connectivity index (χ4v) is 5.10. The van der Waals surface area contributed by atoms with E-state index >= 15 is 0 Å². The summed E-state index contributed by atoms with van der Waals surface area (Å²) in [5.74, 6) is 0.685. The third kappa shape index (κ3) is 14.7. The minimum Gasteiger partial charge on any atom is -0.395 e. The highest BCUT2D eigenvalue weighted by Gasteiger charge is 2.25. The molecule has 0 bridgehead atoms. The van der Waals surface area contributed by atoms with Gasteiger partial charge in [-0.3, -0.25) is 4.89 Å². The molecule has 0 aromatic heterocycles. The highest BCUT2D eigenvalue weighted by Crippen LogP contribution is 2.44. The molecule has 0 radical (unpaired) electrons. The number of phosphoric acid groups is 1. The summed E-state index contributed by atoms with van der Waals surface area (Å²) < 4.78 is 23.0. The van der Waals surface area contributed by atoms with E-state index in [0.717, 1.165) is 12.8 Å². The van der Waals surface area contributed by atoms with Crippen molar-refractivity contribution in [2.75, 3.05) is 0 Å². The molecule has 2 aromatic carbocycles. The van der Waals surface area contributed by atoms with Gasteiger partial charge in [-0.15, -0.1) is 0 Å². The molecule has 6 heteroatoms. The number of aryl methyl sites for hydroxylation is 2. The van der Waals surface area contributed by atoms with E-state index in [-0.39, 0.29) is 6.15 Å². The van der Waals surface area contributed by atoms with Gasteiger partial charge in [0.15, 0.2) is 0 Å². The average Bonchev–Trinajstić information content (AvgIpc) is 2.84. The maximum absolute atomic E-state index is 12.5. The lowest BCUT2D eigenvalue weighted by Gasteiger charge is -2.14. The summed E-state index contributed by atoms with van der Waals surface area (Å²) in [6, 6.07) is 14.8. The van der Waals surface area contributed by atoms with Crippen LogP contribution in [0.3, 0.4) is 0 Å². The van der Waals surface area contributed by atoms with Gasteiger partial charge < -0.3 is 15.2 Å². The van der Waals surface area contributed by atoms with Crippen LogP contribution in [0.5, 0.6) is 11.5 Å². The monoisotopic (exact) mass is 519 g/mol. The molecular formula is C30H50NO4P. The largest absolute Gasteiger partial charge is 0.584 e. The number of hydrogen-bond donors (Lipinski definition) is 2. The number of phosphoric ester groups is 1. The zero-order valence-corrected chi connectivity index (χ0v) is 23.7. The SMILES string of the molecule is CCCCCCCCCc1ccc(OP(=O)(O)Oc2ccc(CCCCCCCCC)cc2)cc1.N. The molecule has 0 heterocycles. The molecule has 2 aromatic rings. The van der Waals surface area contributed by atoms with Gasteiger partial charge in [-0.25, -0.2) is 4.57 Å². The van der Waals surface area contributed by atoms with Gasteiger partial charge in [0.05, 0.1) is 0 Å². The standard InChI is InChI=1S/C30H47O4P.H3N/c1-3-5-7-9-11-13-15-17-27-19-23-29(24-20-27)33-35(31,32)34-30-25-21-28(22-26-30)18-16-14-12-10-8-6-4-2;/h19-26H,3-18H2,1-2H3,(H,31,32);1H3. The van der Waals surface area contributed by atoms with Crippen LogP contribution in [0.15, 0.2) is 48.5 Å². The molecule has 0 aliphatic heterocycles. The van der Waals surface area contributed by atoms with Gasteiger partial charge in [0, 0.05) is 0 Å². The second-order valence-corrected chi connectivity index (χ2v) is 11.0. The zero-order valence-electron chi connectivity index (χ0n) is 22.8. The first-order valence-electron chi connectivity index (χ1n) is 13.9. The van der Waals surface area contributed by atoms with Crippen molar-refractivity contribution in [1.29, 1.82) is 0 Å². The lowest BCUT2D eigenvalue weighted by molar-refractivity contribution is 0.291. The van der Waals surface area contributed by atoms with Crippen LogP contribution < -0.4 is 15.2 Å². The molecule has 0 fully saturated rings. The summed E-state index contributed by atoms with van der Waals surface area (Å²) in [5.41, 5.74) is 2.44. The molecule has 0 unspecified atom stereocenters. The smallest absolute Gasteiger partial charge is 0.395 e. The van der Waals surface area contributed by atoms with Crippen LogP contribution in [-0.4, -0.2) is 4.89 Å². The van der Waals surface area contributed by atoms with E-state index in [1.54, 1.807) is 24.3 Å². The number of hydrogen-bond acceptors (Lipinski definition) is 4. The first-order chi connectivity index (χ1) is 17.0. The molecule has 0 aliphatic carbocycles. The van der Waals surface area contributed by atoms with Crippen molar-refractivity contribution in [3.63, 3.8) is 0 Å². The molecule has 0 atom stereocenters. The van der Waals surface area contributed by atoms with Crippen LogP contribution >= 0.6 is 7.82 Å². The number of rotatable bonds is 20. The Labute approximate surface area is 220 Å². The van der Waals surface area contributed by atoms with E-state index in [1.807, 2.05) is 24.3 Å². The van der Waals surface area contributed by atoms with Crippen molar-refractivity contribution < 1.29 is 18.5 Å². The van der Waals surface area contributed by atoms with Crippen LogP contribution in [0.4, 0.5) is 0 Å². The predicted octanol–water partition coefficient (Wildman–Crippen LogP) is 9.99. The maximum atomic E-state index is 12.5. The van der Waals surface area contributed by atoms with Crippen LogP contribution in [0, 0.1) is 0 Å². The molecule has 204 valence electrons. The van der Waals surface area contributed by atoms with E-state index in [1.165, 1.54) is 101 Å². The van der Waals surface area contributed by atoms with Gasteiger partial charge in [-0.1, -0.05) is 115 Å². The number of benzene rings is 2. The van der Waals surface area contributed by atoms with Crippen molar-refractivity contribution in [3.8, 4) is 11.5 Å². The second-order valence-electron chi connectivity index (χ2n) is 9.68. The summed E-state index contributed by atoms with van der Waals surface area (Å²) >= 11 is 0. The van der Waals surface area contributed by atoms with E-state index in [4.69, 9.17) is 9.05 Å². The van der Waals surface area contributed by atoms with Crippen LogP contribution in [-0.2, 0) is 17.4 Å². The van der Waals surface area contributed by atoms with Crippen LogP contribution in [0.2, 0.25) is 0 Å². The Morgan fingerprint density at radius 1 is 0.556 bits per heavy atom. The first kappa shape index (κ1) is 32.2. The maximum Gasteiger partial charge on any atom is 0.584 e. The lowest BCUT2D eigenvalue weighted by atomic mass is 10.0. The fourth-order valence-electron chi connectivity index (χ4n) is 4.29. The molecule has 4 N–H and O–H groups in total. The normalized spacial score (nSPS) is 11.2. The van der Waals surface area contributed by atoms with E-state index in [0.29, 0.717) is 11.5 Å². The molecule has 0 amide bonds. The molecule has 0 aliphatic rings. The van der Waals surface area contributed by atoms with E-state index in [9.17, 15) is 9.46 Å². The molecule has 0 saturated carbocycles. The fraction of sp³-hybridized carbons (Fsp3) is 0.600. The summed E-state index contributed by atoms with van der Waals surface area (Å²) in [7, 11) is -4.25. The van der Waals surface area contributed by atoms with Crippen molar-refractivity contribution in [1.82, 2.24) is 6.15 Å². The Bertz CT molecular complexity index is 772. The predicted molar refractivity (Wildman–Crippen MR) is 152 cm³/mol. The quantitative estimate of drug-likeness (QED) is 0.134. The van der Waals surface area contributed by atoms with Crippen molar-refractivity contribution in [2.45, 2.75) is 117 Å². The van der Waals surface area contributed by atoms with E-state index < -0.39 is 7.82 Å². The molecular weight excluding hydrogens is 469 g/mol. The van der Waals surface area contributed by atoms with Gasteiger partial charge >= 0.3 is 7.82 Å². The molecule has 0 saturated heterocycles. The van der Waals surface area contributed by atoms with E-state index in [2.05, 4.69) is 13.8 Å². The van der Waals surface area contributed by atoms with Crippen LogP contribution in [0.1, 0.15) is 115 Å². The Kier molecular flexibility index (Phi) is 17.3. The minimum atomic E-state index is -4.25. The molecule has 5 nitrogen and oxygen atoms in total. The van der Waals surface area contributed by atoms with Gasteiger partial charge in [-0.2, -0.15) is 0 Å². The Morgan fingerprint density at radius 2 is 0.861 bits per heavy atom. The highest BCUT2D eigenvalue weighted by atomic mass is 31.2. The lowest BCUT2D eigenvalue weighted by Crippen LogP contribution is -2.00. The van der Waals surface area contributed by atoms with Crippen molar-refractivity contribution in [3.05, 3.63) is 59.7 Å². The second kappa shape index (κ2) is 19.3. The van der Waals surface area contributed by atoms with Crippen molar-refractivity contribution >= 4 is 7.82 Å². The molecule has 2 rings (SSSR count). The Morgan fingerprint density at radius 3 is 1.19 bits per heavy atom. The van der Waals surface area contributed by atoms with Gasteiger partial charge in [0.2, 0.25) is 0 Å². The van der Waals surface area contributed by atoms with Gasteiger partial charge in [0.1, 0.15) is 11.5 Å². The first-order valence-corrected chi connectivity index (χ1v) is 15.4. The Hall–Kier alpha value is -1.81. The third-order valence-corrected chi connectivity index (χ3v) is 7.31. The van der Waals surface area contributed by atoms with Crippen LogP contribution in [0.25, 0.3) is 0 Å². The number of unbranched alkanes of at least 4 members (excludes halogenated alkanes) is 12. The summed E-state index contributed by atoms with van der Waals surface area (Å²) in [6.45, 7) is 4.48. The average molecular weight is 520 g/mol. The summed E-state index contributed by atoms with van der Waals surface area (Å²) in [4.78, 5) is 10.2. The highest BCUT2D eigenvalue weighted by molar-refractivity contribution is 7.48. The third-order valence-electron chi connectivity index (χ3n) is 6.43. The van der Waals surface area contributed by atoms with Gasteiger partial charge in [-0.05, 0) is 61.1 Å².